The van der Waals surface area contributed by atoms with Gasteiger partial charge in [-0.15, -0.1) is 0 Å². The van der Waals surface area contributed by atoms with Gasteiger partial charge in [0, 0.05) is 18.3 Å². The van der Waals surface area contributed by atoms with Crippen LogP contribution >= 0.6 is 11.3 Å². The van der Waals surface area contributed by atoms with Crippen molar-refractivity contribution in [2.45, 2.75) is 19.4 Å². The van der Waals surface area contributed by atoms with Gasteiger partial charge in [0.1, 0.15) is 0 Å². The Labute approximate surface area is 96.7 Å². The fourth-order valence-corrected chi connectivity index (χ4v) is 1.96. The molecule has 1 heterocycles. The number of aryl methyl sites for hydroxylation is 1. The van der Waals surface area contributed by atoms with Crippen LogP contribution in [0, 0.1) is 6.92 Å². The van der Waals surface area contributed by atoms with E-state index in [9.17, 15) is 9.59 Å². The molecule has 0 fully saturated rings. The Hall–Kier alpha value is -1.40. The second-order valence-corrected chi connectivity index (χ2v) is 4.11. The highest BCUT2D eigenvalue weighted by atomic mass is 32.1. The molecule has 1 atom stereocenters. The van der Waals surface area contributed by atoms with Gasteiger partial charge in [0.2, 0.25) is 0 Å². The molecule has 0 saturated heterocycles. The van der Waals surface area contributed by atoms with Gasteiger partial charge in [-0.3, -0.25) is 4.79 Å². The summed E-state index contributed by atoms with van der Waals surface area (Å²) < 4.78 is 0. The number of carbonyl (C=O) groups is 2. The minimum atomic E-state index is -1.43. The van der Waals surface area contributed by atoms with E-state index >= 15 is 0 Å². The first-order chi connectivity index (χ1) is 7.52. The zero-order chi connectivity index (χ0) is 12.1. The quantitative estimate of drug-likeness (QED) is 0.707. The van der Waals surface area contributed by atoms with Crippen LogP contribution in [0.3, 0.4) is 0 Å². The normalized spacial score (nSPS) is 12.1. The Balaban J connectivity index is 2.37. The number of carbonyl (C=O) groups excluding carboxylic acids is 1. The minimum Gasteiger partial charge on any atom is -0.479 e. The number of aliphatic hydroxyl groups excluding tert-OH is 1. The minimum absolute atomic E-state index is 0.00422. The maximum absolute atomic E-state index is 11.5. The number of rotatable bonds is 5. The largest absolute Gasteiger partial charge is 0.479 e. The number of aliphatic carboxylic acids is 1. The smallest absolute Gasteiger partial charge is 0.332 e. The highest BCUT2D eigenvalue weighted by Gasteiger charge is 2.14. The second kappa shape index (κ2) is 5.62. The molecule has 16 heavy (non-hydrogen) atoms. The van der Waals surface area contributed by atoms with Gasteiger partial charge in [0.05, 0.1) is 5.56 Å². The summed E-state index contributed by atoms with van der Waals surface area (Å²) in [7, 11) is 0. The molecule has 0 spiro atoms. The summed E-state index contributed by atoms with van der Waals surface area (Å²) in [6, 6.07) is 0. The van der Waals surface area contributed by atoms with E-state index in [1.165, 1.54) is 11.3 Å². The van der Waals surface area contributed by atoms with Crippen molar-refractivity contribution in [3.05, 3.63) is 21.9 Å². The summed E-state index contributed by atoms with van der Waals surface area (Å²) in [5.41, 5.74) is 1.48. The molecule has 6 heteroatoms. The fraction of sp³-hybridized carbons (Fsp3) is 0.400. The predicted molar refractivity (Wildman–Crippen MR) is 59.6 cm³/mol. The Bertz CT molecular complexity index is 388. The van der Waals surface area contributed by atoms with Crippen molar-refractivity contribution in [2.24, 2.45) is 0 Å². The average Bonchev–Trinajstić information content (AvgIpc) is 2.64. The molecule has 1 amide bonds. The van der Waals surface area contributed by atoms with Gasteiger partial charge in [-0.1, -0.05) is 0 Å². The van der Waals surface area contributed by atoms with Crippen LogP contribution in [0.4, 0.5) is 0 Å². The van der Waals surface area contributed by atoms with Gasteiger partial charge >= 0.3 is 5.97 Å². The summed E-state index contributed by atoms with van der Waals surface area (Å²) in [4.78, 5) is 21.8. The van der Waals surface area contributed by atoms with E-state index in [0.29, 0.717) is 5.56 Å². The summed E-state index contributed by atoms with van der Waals surface area (Å²) in [6.45, 7) is 1.97. The van der Waals surface area contributed by atoms with Gasteiger partial charge in [0.15, 0.2) is 6.10 Å². The highest BCUT2D eigenvalue weighted by Crippen LogP contribution is 2.13. The Morgan fingerprint density at radius 2 is 2.19 bits per heavy atom. The number of aliphatic hydroxyl groups is 1. The summed E-state index contributed by atoms with van der Waals surface area (Å²) >= 11 is 1.43. The number of hydrogen-bond acceptors (Lipinski definition) is 4. The molecule has 1 aromatic rings. The standard InChI is InChI=1S/C10H13NO4S/c1-6-4-16-5-7(6)9(13)11-3-2-8(12)10(14)15/h4-5,8,12H,2-3H2,1H3,(H,11,13)(H,14,15). The molecular weight excluding hydrogens is 230 g/mol. The van der Waals surface area contributed by atoms with Crippen molar-refractivity contribution < 1.29 is 19.8 Å². The topological polar surface area (TPSA) is 86.6 Å². The molecule has 3 N–H and O–H groups in total. The lowest BCUT2D eigenvalue weighted by atomic mass is 10.2. The van der Waals surface area contributed by atoms with Crippen LogP contribution in [-0.4, -0.2) is 34.7 Å². The molecule has 0 aliphatic carbocycles. The molecule has 0 bridgehead atoms. The lowest BCUT2D eigenvalue weighted by molar-refractivity contribution is -0.146. The molecule has 1 unspecified atom stereocenters. The molecule has 1 aromatic heterocycles. The van der Waals surface area contributed by atoms with Gasteiger partial charge in [0.25, 0.3) is 5.91 Å². The van der Waals surface area contributed by atoms with Crippen molar-refractivity contribution in [2.75, 3.05) is 6.54 Å². The first-order valence-corrected chi connectivity index (χ1v) is 5.68. The van der Waals surface area contributed by atoms with Crippen LogP contribution in [0.1, 0.15) is 22.3 Å². The van der Waals surface area contributed by atoms with E-state index in [0.717, 1.165) is 5.56 Å². The van der Waals surface area contributed by atoms with E-state index in [1.54, 1.807) is 5.38 Å². The summed E-state index contributed by atoms with van der Waals surface area (Å²) in [5.74, 6) is -1.52. The Morgan fingerprint density at radius 3 is 2.69 bits per heavy atom. The van der Waals surface area contributed by atoms with Crippen LogP contribution in [0.5, 0.6) is 0 Å². The van der Waals surface area contributed by atoms with Crippen molar-refractivity contribution in [3.8, 4) is 0 Å². The third-order valence-electron chi connectivity index (χ3n) is 2.09. The zero-order valence-electron chi connectivity index (χ0n) is 8.77. The molecule has 0 aliphatic rings. The maximum atomic E-state index is 11.5. The van der Waals surface area contributed by atoms with Crippen molar-refractivity contribution in [1.29, 1.82) is 0 Å². The van der Waals surface area contributed by atoms with E-state index in [2.05, 4.69) is 5.32 Å². The van der Waals surface area contributed by atoms with Gasteiger partial charge in [-0.25, -0.2) is 4.79 Å². The van der Waals surface area contributed by atoms with E-state index < -0.39 is 12.1 Å². The van der Waals surface area contributed by atoms with Crippen LogP contribution in [0.25, 0.3) is 0 Å². The zero-order valence-corrected chi connectivity index (χ0v) is 9.58. The van der Waals surface area contributed by atoms with Gasteiger partial charge < -0.3 is 15.5 Å². The fourth-order valence-electron chi connectivity index (χ4n) is 1.13. The molecule has 1 rings (SSSR count). The van der Waals surface area contributed by atoms with E-state index in [1.807, 2.05) is 12.3 Å². The molecule has 0 radical (unpaired) electrons. The van der Waals surface area contributed by atoms with Crippen molar-refractivity contribution in [3.63, 3.8) is 0 Å². The number of thiophene rings is 1. The highest BCUT2D eigenvalue weighted by molar-refractivity contribution is 7.08. The molecule has 5 nitrogen and oxygen atoms in total. The number of amides is 1. The molecule has 0 aliphatic heterocycles. The number of carboxylic acids is 1. The summed E-state index contributed by atoms with van der Waals surface area (Å²) in [5, 5.41) is 23.5. The van der Waals surface area contributed by atoms with Crippen LogP contribution < -0.4 is 5.32 Å². The van der Waals surface area contributed by atoms with Gasteiger partial charge in [-0.2, -0.15) is 11.3 Å². The lowest BCUT2D eigenvalue weighted by Crippen LogP contribution is -2.30. The Kier molecular flexibility index (Phi) is 4.45. The maximum Gasteiger partial charge on any atom is 0.332 e. The van der Waals surface area contributed by atoms with Crippen molar-refractivity contribution in [1.82, 2.24) is 5.32 Å². The predicted octanol–water partition coefficient (Wildman–Crippen LogP) is 0.622. The third-order valence-corrected chi connectivity index (χ3v) is 2.95. The first-order valence-electron chi connectivity index (χ1n) is 4.74. The summed E-state index contributed by atoms with van der Waals surface area (Å²) in [6.07, 6.45) is -1.42. The molecule has 0 aromatic carbocycles. The molecule has 88 valence electrons. The van der Waals surface area contributed by atoms with Crippen LogP contribution in [0.2, 0.25) is 0 Å². The van der Waals surface area contributed by atoms with Crippen LogP contribution in [-0.2, 0) is 4.79 Å². The number of carboxylic acid groups (broad SMARTS) is 1. The second-order valence-electron chi connectivity index (χ2n) is 3.37. The first kappa shape index (κ1) is 12.7. The van der Waals surface area contributed by atoms with E-state index in [-0.39, 0.29) is 18.9 Å². The van der Waals surface area contributed by atoms with E-state index in [4.69, 9.17) is 10.2 Å². The number of nitrogens with one attached hydrogen (secondary N) is 1. The lowest BCUT2D eigenvalue weighted by Gasteiger charge is -2.06. The average molecular weight is 243 g/mol. The number of hydrogen-bond donors (Lipinski definition) is 3. The van der Waals surface area contributed by atoms with Gasteiger partial charge in [-0.05, 0) is 17.9 Å². The third kappa shape index (κ3) is 3.32. The monoisotopic (exact) mass is 243 g/mol. The SMILES string of the molecule is Cc1cscc1C(=O)NCCC(O)C(=O)O. The Morgan fingerprint density at radius 1 is 1.50 bits per heavy atom. The van der Waals surface area contributed by atoms with Crippen LogP contribution in [0.15, 0.2) is 10.8 Å². The molecular formula is C10H13NO4S. The molecule has 0 saturated carbocycles. The van der Waals surface area contributed by atoms with Crippen molar-refractivity contribution >= 4 is 23.2 Å².